The van der Waals surface area contributed by atoms with E-state index in [1.165, 1.54) is 12.7 Å². The minimum absolute atomic E-state index is 0.179. The second-order valence-electron chi connectivity index (χ2n) is 6.04. The predicted octanol–water partition coefficient (Wildman–Crippen LogP) is 3.45. The number of para-hydroxylation sites is 1. The Balaban J connectivity index is 2.18. The largest absolute Gasteiger partial charge is 0.493 e. The van der Waals surface area contributed by atoms with E-state index in [-0.39, 0.29) is 11.4 Å². The Morgan fingerprint density at radius 3 is 2.30 bits per heavy atom. The van der Waals surface area contributed by atoms with Gasteiger partial charge in [-0.2, -0.15) is 0 Å². The molecule has 0 fully saturated rings. The van der Waals surface area contributed by atoms with Crippen molar-refractivity contribution in [2.45, 2.75) is 25.8 Å². The standard InChI is InChI=1S/C19H23NO3/c1-19(2,13-14-9-6-5-7-10-14)20-18(21)15-11-8-12-16(22-3)17(15)23-4/h5-12H,13H2,1-4H3,(H,20,21). The molecule has 2 aromatic carbocycles. The minimum atomic E-state index is -0.382. The second-order valence-corrected chi connectivity index (χ2v) is 6.04. The average Bonchev–Trinajstić information content (AvgIpc) is 2.53. The van der Waals surface area contributed by atoms with Crippen LogP contribution < -0.4 is 14.8 Å². The maximum Gasteiger partial charge on any atom is 0.255 e. The summed E-state index contributed by atoms with van der Waals surface area (Å²) in [6.07, 6.45) is 0.742. The first-order chi connectivity index (χ1) is 11.0. The van der Waals surface area contributed by atoms with Gasteiger partial charge in [-0.1, -0.05) is 36.4 Å². The molecule has 4 nitrogen and oxygen atoms in total. The van der Waals surface area contributed by atoms with Gasteiger partial charge in [0.2, 0.25) is 0 Å². The SMILES string of the molecule is COc1cccc(C(=O)NC(C)(C)Cc2ccccc2)c1OC. The number of benzene rings is 2. The van der Waals surface area contributed by atoms with Crippen LogP contribution in [0.15, 0.2) is 48.5 Å². The van der Waals surface area contributed by atoms with Crippen LogP contribution in [0.1, 0.15) is 29.8 Å². The van der Waals surface area contributed by atoms with Gasteiger partial charge in [0.25, 0.3) is 5.91 Å². The van der Waals surface area contributed by atoms with Crippen molar-refractivity contribution in [1.82, 2.24) is 5.32 Å². The van der Waals surface area contributed by atoms with Crippen LogP contribution in [0.4, 0.5) is 0 Å². The van der Waals surface area contributed by atoms with Crippen LogP contribution in [0.5, 0.6) is 11.5 Å². The molecule has 23 heavy (non-hydrogen) atoms. The maximum atomic E-state index is 12.7. The Morgan fingerprint density at radius 1 is 1.00 bits per heavy atom. The lowest BCUT2D eigenvalue weighted by Crippen LogP contribution is -2.45. The third-order valence-electron chi connectivity index (χ3n) is 3.59. The molecule has 0 unspecified atom stereocenters. The van der Waals surface area contributed by atoms with Gasteiger partial charge in [-0.3, -0.25) is 4.79 Å². The van der Waals surface area contributed by atoms with E-state index < -0.39 is 0 Å². The first-order valence-corrected chi connectivity index (χ1v) is 7.54. The van der Waals surface area contributed by atoms with Gasteiger partial charge in [0.05, 0.1) is 19.8 Å². The third kappa shape index (κ3) is 4.25. The van der Waals surface area contributed by atoms with Crippen molar-refractivity contribution in [1.29, 1.82) is 0 Å². The zero-order chi connectivity index (χ0) is 16.9. The lowest BCUT2D eigenvalue weighted by atomic mass is 9.94. The lowest BCUT2D eigenvalue weighted by Gasteiger charge is -2.27. The fourth-order valence-electron chi connectivity index (χ4n) is 2.59. The molecule has 1 amide bonds. The van der Waals surface area contributed by atoms with Gasteiger partial charge in [0, 0.05) is 5.54 Å². The van der Waals surface area contributed by atoms with Crippen molar-refractivity contribution in [2.24, 2.45) is 0 Å². The molecule has 0 aromatic heterocycles. The molecule has 0 aliphatic carbocycles. The normalized spacial score (nSPS) is 11.0. The zero-order valence-corrected chi connectivity index (χ0v) is 14.1. The Kier molecular flexibility index (Phi) is 5.27. The molecule has 1 N–H and O–H groups in total. The van der Waals surface area contributed by atoms with Crippen molar-refractivity contribution in [3.8, 4) is 11.5 Å². The molecular formula is C19H23NO3. The Morgan fingerprint density at radius 2 is 1.70 bits per heavy atom. The number of nitrogens with one attached hydrogen (secondary N) is 1. The smallest absolute Gasteiger partial charge is 0.255 e. The molecule has 0 heterocycles. The van der Waals surface area contributed by atoms with Crippen molar-refractivity contribution in [3.63, 3.8) is 0 Å². The summed E-state index contributed by atoms with van der Waals surface area (Å²) in [5, 5.41) is 3.07. The molecule has 0 aliphatic rings. The predicted molar refractivity (Wildman–Crippen MR) is 91.2 cm³/mol. The molecule has 0 radical (unpaired) electrons. The molecule has 122 valence electrons. The first kappa shape index (κ1) is 16.9. The molecule has 0 saturated carbocycles. The lowest BCUT2D eigenvalue weighted by molar-refractivity contribution is 0.0909. The molecule has 0 atom stereocenters. The van der Waals surface area contributed by atoms with Crippen molar-refractivity contribution >= 4 is 5.91 Å². The summed E-state index contributed by atoms with van der Waals surface area (Å²) in [4.78, 5) is 12.7. The summed E-state index contributed by atoms with van der Waals surface area (Å²) < 4.78 is 10.6. The van der Waals surface area contributed by atoms with Crippen molar-refractivity contribution < 1.29 is 14.3 Å². The summed E-state index contributed by atoms with van der Waals surface area (Å²) in [5.41, 5.74) is 1.26. The highest BCUT2D eigenvalue weighted by Crippen LogP contribution is 2.31. The topological polar surface area (TPSA) is 47.6 Å². The molecule has 0 bridgehead atoms. The number of carbonyl (C=O) groups excluding carboxylic acids is 1. The van der Waals surface area contributed by atoms with E-state index in [9.17, 15) is 4.79 Å². The number of amides is 1. The van der Waals surface area contributed by atoms with Gasteiger partial charge in [-0.25, -0.2) is 0 Å². The summed E-state index contributed by atoms with van der Waals surface area (Å²) in [7, 11) is 3.09. The number of hydrogen-bond acceptors (Lipinski definition) is 3. The molecule has 0 saturated heterocycles. The highest BCUT2D eigenvalue weighted by Gasteiger charge is 2.24. The maximum absolute atomic E-state index is 12.7. The third-order valence-corrected chi connectivity index (χ3v) is 3.59. The summed E-state index contributed by atoms with van der Waals surface area (Å²) in [5.74, 6) is 0.811. The van der Waals surface area contributed by atoms with E-state index in [2.05, 4.69) is 17.4 Å². The highest BCUT2D eigenvalue weighted by atomic mass is 16.5. The van der Waals surface area contributed by atoms with Gasteiger partial charge in [0.1, 0.15) is 0 Å². The number of methoxy groups -OCH3 is 2. The Bertz CT molecular complexity index is 666. The molecule has 2 rings (SSSR count). The summed E-state index contributed by atoms with van der Waals surface area (Å²) in [6, 6.07) is 15.4. The van der Waals surface area contributed by atoms with E-state index in [1.807, 2.05) is 32.0 Å². The Hall–Kier alpha value is -2.49. The van der Waals surface area contributed by atoms with Crippen LogP contribution >= 0.6 is 0 Å². The number of rotatable bonds is 6. The summed E-state index contributed by atoms with van der Waals surface area (Å²) >= 11 is 0. The van der Waals surface area contributed by atoms with Crippen LogP contribution in [-0.2, 0) is 6.42 Å². The van der Waals surface area contributed by atoms with Crippen LogP contribution in [0.2, 0.25) is 0 Å². The minimum Gasteiger partial charge on any atom is -0.493 e. The van der Waals surface area contributed by atoms with E-state index in [4.69, 9.17) is 9.47 Å². The highest BCUT2D eigenvalue weighted by molar-refractivity contribution is 5.98. The monoisotopic (exact) mass is 313 g/mol. The van der Waals surface area contributed by atoms with Crippen LogP contribution in [-0.4, -0.2) is 25.7 Å². The number of carbonyl (C=O) groups is 1. The van der Waals surface area contributed by atoms with Gasteiger partial charge < -0.3 is 14.8 Å². The van der Waals surface area contributed by atoms with E-state index in [0.29, 0.717) is 17.1 Å². The van der Waals surface area contributed by atoms with Gasteiger partial charge in [-0.05, 0) is 38.0 Å². The zero-order valence-electron chi connectivity index (χ0n) is 14.1. The van der Waals surface area contributed by atoms with Crippen LogP contribution in [0.25, 0.3) is 0 Å². The van der Waals surface area contributed by atoms with Gasteiger partial charge >= 0.3 is 0 Å². The van der Waals surface area contributed by atoms with Crippen LogP contribution in [0, 0.1) is 0 Å². The van der Waals surface area contributed by atoms with Crippen molar-refractivity contribution in [2.75, 3.05) is 14.2 Å². The summed E-state index contributed by atoms with van der Waals surface area (Å²) in [6.45, 7) is 4.01. The number of hydrogen-bond donors (Lipinski definition) is 1. The molecule has 0 aliphatic heterocycles. The van der Waals surface area contributed by atoms with Crippen molar-refractivity contribution in [3.05, 3.63) is 59.7 Å². The van der Waals surface area contributed by atoms with Crippen LogP contribution in [0.3, 0.4) is 0 Å². The molecule has 0 spiro atoms. The van der Waals surface area contributed by atoms with E-state index >= 15 is 0 Å². The number of ether oxygens (including phenoxy) is 2. The molecular weight excluding hydrogens is 290 g/mol. The van der Waals surface area contributed by atoms with E-state index in [0.717, 1.165) is 6.42 Å². The van der Waals surface area contributed by atoms with Gasteiger partial charge in [-0.15, -0.1) is 0 Å². The average molecular weight is 313 g/mol. The quantitative estimate of drug-likeness (QED) is 0.888. The molecule has 4 heteroatoms. The van der Waals surface area contributed by atoms with Gasteiger partial charge in [0.15, 0.2) is 11.5 Å². The fraction of sp³-hybridized carbons (Fsp3) is 0.316. The first-order valence-electron chi connectivity index (χ1n) is 7.54. The Labute approximate surface area is 137 Å². The molecule has 2 aromatic rings. The fourth-order valence-corrected chi connectivity index (χ4v) is 2.59. The second kappa shape index (κ2) is 7.18. The van der Waals surface area contributed by atoms with E-state index in [1.54, 1.807) is 25.3 Å².